The van der Waals surface area contributed by atoms with E-state index in [1.807, 2.05) is 0 Å². The summed E-state index contributed by atoms with van der Waals surface area (Å²) in [4.78, 5) is 2.27. The lowest BCUT2D eigenvalue weighted by atomic mass is 9.96. The summed E-state index contributed by atoms with van der Waals surface area (Å²) >= 11 is 0. The third-order valence-electron chi connectivity index (χ3n) is 2.91. The molecule has 2 rings (SSSR count). The van der Waals surface area contributed by atoms with Gasteiger partial charge in [0, 0.05) is 13.1 Å². The van der Waals surface area contributed by atoms with Crippen LogP contribution in [-0.2, 0) is 0 Å². The Balaban J connectivity index is 1.81. The molecule has 0 unspecified atom stereocenters. The normalized spacial score (nSPS) is 27.7. The summed E-state index contributed by atoms with van der Waals surface area (Å²) in [6.45, 7) is 2.87. The molecule has 12 heavy (non-hydrogen) atoms. The van der Waals surface area contributed by atoms with Gasteiger partial charge in [-0.3, -0.25) is 4.90 Å². The topological polar surface area (TPSA) is 53.0 Å². The highest BCUT2D eigenvalue weighted by Crippen LogP contribution is 2.37. The minimum Gasteiger partial charge on any atom is -0.330 e. The van der Waals surface area contributed by atoms with E-state index in [2.05, 4.69) is 11.0 Å². The smallest absolute Gasteiger partial charge is 0.101 e. The van der Waals surface area contributed by atoms with Crippen molar-refractivity contribution in [2.75, 3.05) is 19.6 Å². The van der Waals surface area contributed by atoms with E-state index in [1.165, 1.54) is 12.8 Å². The van der Waals surface area contributed by atoms with Crippen LogP contribution in [0.1, 0.15) is 12.8 Å². The molecule has 0 aromatic heterocycles. The van der Waals surface area contributed by atoms with Crippen molar-refractivity contribution < 1.29 is 0 Å². The van der Waals surface area contributed by atoms with Crippen LogP contribution in [0.4, 0.5) is 0 Å². The zero-order valence-corrected chi connectivity index (χ0v) is 7.24. The molecule has 2 N–H and O–H groups in total. The van der Waals surface area contributed by atoms with E-state index in [0.717, 1.165) is 19.6 Å². The average Bonchev–Trinajstić information content (AvgIpc) is 2.78. The number of likely N-dealkylation sites (tertiary alicyclic amines) is 1. The molecule has 1 heterocycles. The van der Waals surface area contributed by atoms with Crippen LogP contribution in [0.15, 0.2) is 0 Å². The highest BCUT2D eigenvalue weighted by atomic mass is 15.2. The van der Waals surface area contributed by atoms with Gasteiger partial charge < -0.3 is 5.73 Å². The second kappa shape index (κ2) is 3.04. The largest absolute Gasteiger partial charge is 0.330 e. The third-order valence-corrected chi connectivity index (χ3v) is 2.91. The van der Waals surface area contributed by atoms with Gasteiger partial charge in [-0.2, -0.15) is 5.26 Å². The van der Waals surface area contributed by atoms with Gasteiger partial charge in [0.25, 0.3) is 0 Å². The Morgan fingerprint density at radius 2 is 2.17 bits per heavy atom. The van der Waals surface area contributed by atoms with Crippen LogP contribution in [0, 0.1) is 23.2 Å². The number of nitrogens with two attached hydrogens (primary N) is 1. The van der Waals surface area contributed by atoms with Gasteiger partial charge in [0.1, 0.15) is 6.04 Å². The van der Waals surface area contributed by atoms with Gasteiger partial charge in [-0.1, -0.05) is 0 Å². The summed E-state index contributed by atoms with van der Waals surface area (Å²) in [5.41, 5.74) is 5.52. The maximum absolute atomic E-state index is 8.91. The number of rotatable bonds is 3. The van der Waals surface area contributed by atoms with E-state index in [0.29, 0.717) is 11.8 Å². The van der Waals surface area contributed by atoms with Gasteiger partial charge in [0.05, 0.1) is 6.07 Å². The Morgan fingerprint density at radius 3 is 2.58 bits per heavy atom. The zero-order chi connectivity index (χ0) is 8.55. The summed E-state index contributed by atoms with van der Waals surface area (Å²) < 4.78 is 0. The van der Waals surface area contributed by atoms with Crippen molar-refractivity contribution in [3.05, 3.63) is 0 Å². The van der Waals surface area contributed by atoms with Gasteiger partial charge in [-0.05, 0) is 31.2 Å². The summed E-state index contributed by atoms with van der Waals surface area (Å²) in [5, 5.41) is 8.91. The number of nitrogens with zero attached hydrogens (tertiary/aromatic N) is 2. The summed E-state index contributed by atoms with van der Waals surface area (Å²) in [5.74, 6) is 1.33. The minimum atomic E-state index is 0.202. The Hall–Kier alpha value is -0.590. The van der Waals surface area contributed by atoms with Crippen LogP contribution < -0.4 is 5.73 Å². The SMILES string of the molecule is N#C[C@H](C1CC1)N1CC(CN)C1. The lowest BCUT2D eigenvalue weighted by Crippen LogP contribution is -2.54. The molecule has 66 valence electrons. The first-order valence-corrected chi connectivity index (χ1v) is 4.69. The molecule has 1 aliphatic carbocycles. The van der Waals surface area contributed by atoms with Crippen LogP contribution in [0.3, 0.4) is 0 Å². The first kappa shape index (κ1) is 8.03. The molecule has 0 spiro atoms. The molecule has 1 aliphatic heterocycles. The van der Waals surface area contributed by atoms with Crippen LogP contribution in [0.5, 0.6) is 0 Å². The van der Waals surface area contributed by atoms with Crippen molar-refractivity contribution in [1.82, 2.24) is 4.90 Å². The average molecular weight is 165 g/mol. The summed E-state index contributed by atoms with van der Waals surface area (Å²) in [7, 11) is 0. The molecule has 0 aromatic carbocycles. The van der Waals surface area contributed by atoms with Gasteiger partial charge in [-0.15, -0.1) is 0 Å². The molecule has 1 saturated heterocycles. The van der Waals surface area contributed by atoms with E-state index in [4.69, 9.17) is 11.0 Å². The maximum Gasteiger partial charge on any atom is 0.101 e. The fraction of sp³-hybridized carbons (Fsp3) is 0.889. The Bertz CT molecular complexity index is 198. The van der Waals surface area contributed by atoms with Crippen molar-refractivity contribution >= 4 is 0 Å². The van der Waals surface area contributed by atoms with E-state index >= 15 is 0 Å². The fourth-order valence-electron chi connectivity index (χ4n) is 1.88. The molecule has 3 heteroatoms. The van der Waals surface area contributed by atoms with Crippen molar-refractivity contribution in [2.45, 2.75) is 18.9 Å². The van der Waals surface area contributed by atoms with E-state index in [9.17, 15) is 0 Å². The summed E-state index contributed by atoms with van der Waals surface area (Å²) in [6, 6.07) is 2.60. The van der Waals surface area contributed by atoms with Gasteiger partial charge in [0.2, 0.25) is 0 Å². The molecule has 0 aromatic rings. The molecule has 0 radical (unpaired) electrons. The second-order valence-corrected chi connectivity index (χ2v) is 3.97. The van der Waals surface area contributed by atoms with Gasteiger partial charge >= 0.3 is 0 Å². The van der Waals surface area contributed by atoms with Crippen LogP contribution in [0.2, 0.25) is 0 Å². The molecular formula is C9H15N3. The minimum absolute atomic E-state index is 0.202. The van der Waals surface area contributed by atoms with Crippen molar-refractivity contribution in [3.8, 4) is 6.07 Å². The molecular weight excluding hydrogens is 150 g/mol. The van der Waals surface area contributed by atoms with Crippen molar-refractivity contribution in [1.29, 1.82) is 5.26 Å². The van der Waals surface area contributed by atoms with Crippen molar-refractivity contribution in [2.24, 2.45) is 17.6 Å². The Labute approximate surface area is 73.1 Å². The van der Waals surface area contributed by atoms with Crippen molar-refractivity contribution in [3.63, 3.8) is 0 Å². The molecule has 1 atom stereocenters. The Morgan fingerprint density at radius 1 is 1.50 bits per heavy atom. The quantitative estimate of drug-likeness (QED) is 0.649. The monoisotopic (exact) mass is 165 g/mol. The van der Waals surface area contributed by atoms with Crippen LogP contribution in [0.25, 0.3) is 0 Å². The Kier molecular flexibility index (Phi) is 2.03. The highest BCUT2D eigenvalue weighted by molar-refractivity contribution is 5.05. The second-order valence-electron chi connectivity index (χ2n) is 3.97. The number of nitriles is 1. The van der Waals surface area contributed by atoms with E-state index in [1.54, 1.807) is 0 Å². The molecule has 0 bridgehead atoms. The van der Waals surface area contributed by atoms with Gasteiger partial charge in [-0.25, -0.2) is 0 Å². The fourth-order valence-corrected chi connectivity index (χ4v) is 1.88. The summed E-state index contributed by atoms with van der Waals surface area (Å²) in [6.07, 6.45) is 2.50. The highest BCUT2D eigenvalue weighted by Gasteiger charge is 2.40. The third kappa shape index (κ3) is 1.33. The predicted octanol–water partition coefficient (Wildman–Crippen LogP) is 0.179. The standard InChI is InChI=1S/C9H15N3/c10-3-7-5-12(6-7)9(4-11)8-1-2-8/h7-9H,1-3,5-6,10H2/t9-/m1/s1. The number of hydrogen-bond donors (Lipinski definition) is 1. The molecule has 2 fully saturated rings. The predicted molar refractivity (Wildman–Crippen MR) is 46.2 cm³/mol. The molecule has 3 nitrogen and oxygen atoms in total. The van der Waals surface area contributed by atoms with Gasteiger partial charge in [0.15, 0.2) is 0 Å². The molecule has 0 amide bonds. The lowest BCUT2D eigenvalue weighted by molar-refractivity contribution is 0.0711. The molecule has 1 saturated carbocycles. The zero-order valence-electron chi connectivity index (χ0n) is 7.24. The van der Waals surface area contributed by atoms with E-state index in [-0.39, 0.29) is 6.04 Å². The molecule has 2 aliphatic rings. The number of hydrogen-bond acceptors (Lipinski definition) is 3. The van der Waals surface area contributed by atoms with E-state index < -0.39 is 0 Å². The first-order valence-electron chi connectivity index (χ1n) is 4.69. The van der Waals surface area contributed by atoms with Crippen LogP contribution >= 0.6 is 0 Å². The van der Waals surface area contributed by atoms with Crippen LogP contribution in [-0.4, -0.2) is 30.6 Å². The maximum atomic E-state index is 8.91. The first-order chi connectivity index (χ1) is 5.85. The lowest BCUT2D eigenvalue weighted by Gasteiger charge is -2.41.